The average Bonchev–Trinajstić information content (AvgIpc) is 3.32. The zero-order valence-electron chi connectivity index (χ0n) is 33.6. The van der Waals surface area contributed by atoms with Crippen LogP contribution in [0.1, 0.15) is 92.9 Å². The number of rotatable bonds is 8. The number of allylic oxidation sites excluding steroid dienone is 25. The quantitative estimate of drug-likeness (QED) is 0.268. The number of pyridine rings is 1. The molecule has 0 fully saturated rings. The third-order valence-corrected chi connectivity index (χ3v) is 13.8. The first-order valence-electron chi connectivity index (χ1n) is 22.2. The lowest BCUT2D eigenvalue weighted by Crippen LogP contribution is -2.43. The van der Waals surface area contributed by atoms with Gasteiger partial charge >= 0.3 is 0 Å². The summed E-state index contributed by atoms with van der Waals surface area (Å²) in [6.45, 7) is 0. The zero-order valence-corrected chi connectivity index (χ0v) is 33.6. The van der Waals surface area contributed by atoms with Crippen LogP contribution in [0.3, 0.4) is 0 Å². The predicted octanol–water partition coefficient (Wildman–Crippen LogP) is 12.4. The molecule has 4 heteroatoms. The van der Waals surface area contributed by atoms with Crippen LogP contribution in [0.15, 0.2) is 185 Å². The highest BCUT2D eigenvalue weighted by atomic mass is 15.2. The number of hydrogen-bond donors (Lipinski definition) is 1. The van der Waals surface area contributed by atoms with E-state index in [9.17, 15) is 0 Å². The van der Waals surface area contributed by atoms with Crippen LogP contribution in [0.25, 0.3) is 5.57 Å². The molecule has 9 atom stereocenters. The van der Waals surface area contributed by atoms with Crippen molar-refractivity contribution >= 4 is 17.2 Å². The first-order valence-corrected chi connectivity index (χ1v) is 22.2. The van der Waals surface area contributed by atoms with Gasteiger partial charge in [0, 0.05) is 53.2 Å². The summed E-state index contributed by atoms with van der Waals surface area (Å²) in [5.74, 6) is 4.94. The van der Waals surface area contributed by atoms with Gasteiger partial charge in [0.25, 0.3) is 0 Å². The van der Waals surface area contributed by atoms with E-state index in [0.29, 0.717) is 23.7 Å². The highest BCUT2D eigenvalue weighted by molar-refractivity contribution is 6.12. The minimum atomic E-state index is -0.162. The van der Waals surface area contributed by atoms with E-state index in [1.54, 1.807) is 0 Å². The normalized spacial score (nSPS) is 33.4. The number of hydrogen-bond acceptors (Lipinski definition) is 4. The fourth-order valence-electron chi connectivity index (χ4n) is 10.5. The third-order valence-electron chi connectivity index (χ3n) is 13.8. The fraction of sp³-hybridized carbons (Fsp3) is 0.352. The molecule has 0 radical (unpaired) electrons. The van der Waals surface area contributed by atoms with Crippen molar-refractivity contribution in [3.05, 3.63) is 192 Å². The maximum absolute atomic E-state index is 5.53. The molecule has 1 N–H and O–H groups in total. The molecular weight excluding hydrogens is 705 g/mol. The van der Waals surface area contributed by atoms with Gasteiger partial charge in [-0.15, -0.1) is 0 Å². The third kappa shape index (κ3) is 7.78. The lowest BCUT2D eigenvalue weighted by atomic mass is 9.73. The Balaban J connectivity index is 0.947. The molecule has 1 aliphatic heterocycles. The number of fused-ring (bicyclic) bond motifs is 1. The van der Waals surface area contributed by atoms with Crippen molar-refractivity contribution in [2.45, 2.75) is 82.2 Å². The predicted molar refractivity (Wildman–Crippen MR) is 242 cm³/mol. The van der Waals surface area contributed by atoms with E-state index >= 15 is 0 Å². The van der Waals surface area contributed by atoms with E-state index in [0.717, 1.165) is 69.5 Å². The molecule has 292 valence electrons. The molecule has 10 rings (SSSR count). The SMILES string of the molecule is C1=CCC(C2=CCC(C3N=C(C4=CCC(C5=CCCC=C5)C=C4)NC(C4CC=CC(c5cc(C6=CC=CC7CCC=CC67)cnc5C5C=CC=CC5)C4)=N3)C=C2)C=C1. The molecule has 1 aromatic heterocycles. The summed E-state index contributed by atoms with van der Waals surface area (Å²) in [6, 6.07) is 2.50. The van der Waals surface area contributed by atoms with Crippen molar-refractivity contribution in [1.29, 1.82) is 0 Å². The van der Waals surface area contributed by atoms with Gasteiger partial charge in [-0.05, 0) is 104 Å². The van der Waals surface area contributed by atoms with Gasteiger partial charge < -0.3 is 5.32 Å². The van der Waals surface area contributed by atoms with Crippen LogP contribution in [0, 0.1) is 35.5 Å². The molecule has 0 saturated heterocycles. The molecular formula is C54H56N4. The molecule has 0 aromatic carbocycles. The Morgan fingerprint density at radius 2 is 1.47 bits per heavy atom. The van der Waals surface area contributed by atoms with Crippen molar-refractivity contribution in [2.24, 2.45) is 45.5 Å². The first-order chi connectivity index (χ1) is 28.7. The first kappa shape index (κ1) is 37.0. The van der Waals surface area contributed by atoms with Crippen LogP contribution in [-0.4, -0.2) is 22.8 Å². The van der Waals surface area contributed by atoms with Crippen LogP contribution in [0.5, 0.6) is 0 Å². The minimum Gasteiger partial charge on any atom is -0.328 e. The van der Waals surface area contributed by atoms with Gasteiger partial charge in [-0.3, -0.25) is 4.98 Å². The van der Waals surface area contributed by atoms with E-state index in [-0.39, 0.29) is 29.8 Å². The number of nitrogens with zero attached hydrogens (tertiary/aromatic N) is 3. The molecule has 0 spiro atoms. The fourth-order valence-corrected chi connectivity index (χ4v) is 10.5. The van der Waals surface area contributed by atoms with Gasteiger partial charge in [-0.25, -0.2) is 9.98 Å². The second-order valence-corrected chi connectivity index (χ2v) is 17.5. The molecule has 0 saturated carbocycles. The second-order valence-electron chi connectivity index (χ2n) is 17.5. The van der Waals surface area contributed by atoms with Gasteiger partial charge in [0.1, 0.15) is 11.7 Å². The Labute approximate surface area is 345 Å². The van der Waals surface area contributed by atoms with E-state index in [2.05, 4.69) is 163 Å². The summed E-state index contributed by atoms with van der Waals surface area (Å²) in [5, 5.41) is 3.86. The summed E-state index contributed by atoms with van der Waals surface area (Å²) in [6.07, 6.45) is 68.6. The molecule has 8 aliphatic carbocycles. The summed E-state index contributed by atoms with van der Waals surface area (Å²) in [5.41, 5.74) is 9.30. The molecule has 4 nitrogen and oxygen atoms in total. The Morgan fingerprint density at radius 1 is 0.586 bits per heavy atom. The van der Waals surface area contributed by atoms with Crippen molar-refractivity contribution in [2.75, 3.05) is 0 Å². The monoisotopic (exact) mass is 760 g/mol. The minimum absolute atomic E-state index is 0.162. The summed E-state index contributed by atoms with van der Waals surface area (Å²) in [7, 11) is 0. The van der Waals surface area contributed by atoms with Gasteiger partial charge in [0.05, 0.1) is 5.69 Å². The number of nitrogens with one attached hydrogen (secondary N) is 1. The van der Waals surface area contributed by atoms with Crippen molar-refractivity contribution in [3.8, 4) is 0 Å². The number of aliphatic imine (C=N–C) groups is 2. The van der Waals surface area contributed by atoms with E-state index < -0.39 is 0 Å². The summed E-state index contributed by atoms with van der Waals surface area (Å²) < 4.78 is 0. The van der Waals surface area contributed by atoms with Crippen molar-refractivity contribution in [3.63, 3.8) is 0 Å². The molecule has 0 amide bonds. The molecule has 0 bridgehead atoms. The van der Waals surface area contributed by atoms with Gasteiger partial charge in [0.2, 0.25) is 0 Å². The molecule has 58 heavy (non-hydrogen) atoms. The summed E-state index contributed by atoms with van der Waals surface area (Å²) in [4.78, 5) is 16.3. The maximum atomic E-state index is 5.53. The highest BCUT2D eigenvalue weighted by Gasteiger charge is 2.34. The van der Waals surface area contributed by atoms with Crippen LogP contribution < -0.4 is 5.32 Å². The van der Waals surface area contributed by atoms with Crippen LogP contribution in [0.2, 0.25) is 0 Å². The molecule has 9 unspecified atom stereocenters. The second kappa shape index (κ2) is 16.9. The van der Waals surface area contributed by atoms with E-state index in [4.69, 9.17) is 15.0 Å². The number of amidine groups is 2. The van der Waals surface area contributed by atoms with Crippen LogP contribution in [-0.2, 0) is 0 Å². The smallest absolute Gasteiger partial charge is 0.150 e. The van der Waals surface area contributed by atoms with Gasteiger partial charge in [-0.2, -0.15) is 0 Å². The Kier molecular flexibility index (Phi) is 10.7. The summed E-state index contributed by atoms with van der Waals surface area (Å²) >= 11 is 0. The molecule has 2 heterocycles. The van der Waals surface area contributed by atoms with Crippen molar-refractivity contribution in [1.82, 2.24) is 10.3 Å². The Morgan fingerprint density at radius 3 is 2.26 bits per heavy atom. The zero-order chi connectivity index (χ0) is 38.7. The van der Waals surface area contributed by atoms with Gasteiger partial charge in [-0.1, -0.05) is 146 Å². The van der Waals surface area contributed by atoms with E-state index in [1.807, 2.05) is 0 Å². The van der Waals surface area contributed by atoms with Crippen LogP contribution >= 0.6 is 0 Å². The molecule has 9 aliphatic rings. The highest BCUT2D eigenvalue weighted by Crippen LogP contribution is 2.43. The Bertz CT molecular complexity index is 2280. The largest absolute Gasteiger partial charge is 0.328 e. The lowest BCUT2D eigenvalue weighted by molar-refractivity contribution is 0.492. The lowest BCUT2D eigenvalue weighted by Gasteiger charge is -2.34. The van der Waals surface area contributed by atoms with Crippen LogP contribution in [0.4, 0.5) is 0 Å². The standard InChI is InChI=1S/C54H56N4/c1-4-14-37(15-5-1)39-26-30-43(31-27-39)52-56-53(44-32-28-40(29-33-44)38-16-6-2-7-17-38)58-54(57-52)46-23-12-22-45(34-46)50-35-47(36-55-51(50)42-19-8-3-9-20-42)49-25-13-21-41-18-10-11-24-48(41)49/h1,3-6,8-9,11-14,16-17,19,21-22,24-28,30,32-33,35-37,40-43,45-46,48,52H,2,7,10,15,18,20,23,29,31,34H2,(H,56,57,58). The topological polar surface area (TPSA) is 49.6 Å². The Hall–Kier alpha value is -5.35. The number of aromatic nitrogens is 1. The van der Waals surface area contributed by atoms with E-state index in [1.165, 1.54) is 45.5 Å². The van der Waals surface area contributed by atoms with Gasteiger partial charge in [0.15, 0.2) is 6.17 Å². The maximum Gasteiger partial charge on any atom is 0.150 e. The molecule has 1 aromatic rings. The van der Waals surface area contributed by atoms with Crippen molar-refractivity contribution < 1.29 is 0 Å². The average molecular weight is 761 g/mol.